The number of H-pyrrole nitrogens is 1. The number of aromatic amines is 1. The number of nitrogens with one attached hydrogen (secondary N) is 2. The van der Waals surface area contributed by atoms with E-state index in [1.807, 2.05) is 42.1 Å². The maximum absolute atomic E-state index is 4.34. The first kappa shape index (κ1) is 11.0. The van der Waals surface area contributed by atoms with Crippen LogP contribution in [0.4, 0.5) is 11.5 Å². The number of aryl methyl sites for hydroxylation is 1. The molecule has 0 fully saturated rings. The van der Waals surface area contributed by atoms with Gasteiger partial charge in [0.25, 0.3) is 0 Å². The number of benzene rings is 1. The normalized spacial score (nSPS) is 11.2. The predicted octanol–water partition coefficient (Wildman–Crippen LogP) is 2.59. The van der Waals surface area contributed by atoms with Crippen molar-refractivity contribution in [1.29, 1.82) is 0 Å². The number of hydrogen-bond donors (Lipinski definition) is 2. The van der Waals surface area contributed by atoms with Crippen LogP contribution in [0.3, 0.4) is 0 Å². The molecule has 1 aromatic carbocycles. The molecule has 98 valence electrons. The molecular formula is C14H12N6. The van der Waals surface area contributed by atoms with E-state index in [0.717, 1.165) is 33.4 Å². The van der Waals surface area contributed by atoms with Crippen LogP contribution in [0.1, 0.15) is 0 Å². The highest BCUT2D eigenvalue weighted by molar-refractivity contribution is 5.89. The monoisotopic (exact) mass is 264 g/mol. The summed E-state index contributed by atoms with van der Waals surface area (Å²) in [6.07, 6.45) is 5.35. The van der Waals surface area contributed by atoms with Crippen molar-refractivity contribution < 1.29 is 0 Å². The number of rotatable bonds is 2. The SMILES string of the molecule is Cn1ccc2ncnc(Nc3ccc4[nH]ncc4c3)c21. The maximum Gasteiger partial charge on any atom is 0.158 e. The minimum atomic E-state index is 0.797. The van der Waals surface area contributed by atoms with E-state index < -0.39 is 0 Å². The van der Waals surface area contributed by atoms with Crippen molar-refractivity contribution in [2.24, 2.45) is 7.05 Å². The molecule has 0 aliphatic heterocycles. The molecule has 20 heavy (non-hydrogen) atoms. The van der Waals surface area contributed by atoms with E-state index in [2.05, 4.69) is 25.5 Å². The van der Waals surface area contributed by atoms with E-state index in [0.29, 0.717) is 0 Å². The summed E-state index contributed by atoms with van der Waals surface area (Å²) in [5.41, 5.74) is 3.90. The van der Waals surface area contributed by atoms with Crippen molar-refractivity contribution in [3.8, 4) is 0 Å². The first-order valence-corrected chi connectivity index (χ1v) is 6.27. The molecule has 0 saturated carbocycles. The fourth-order valence-corrected chi connectivity index (χ4v) is 2.37. The lowest BCUT2D eigenvalue weighted by Crippen LogP contribution is -1.98. The second kappa shape index (κ2) is 4.06. The first-order chi connectivity index (χ1) is 9.81. The van der Waals surface area contributed by atoms with Crippen LogP contribution in [-0.2, 0) is 7.05 Å². The zero-order valence-corrected chi connectivity index (χ0v) is 10.8. The van der Waals surface area contributed by atoms with E-state index in [1.54, 1.807) is 12.5 Å². The standard InChI is InChI=1S/C14H12N6/c1-20-5-4-12-13(20)14(16-8-15-12)18-10-2-3-11-9(6-10)7-17-19-11/h2-8H,1H3,(H,17,19)(H,15,16,18). The van der Waals surface area contributed by atoms with Gasteiger partial charge in [0, 0.05) is 24.3 Å². The lowest BCUT2D eigenvalue weighted by Gasteiger charge is -2.08. The molecule has 2 N–H and O–H groups in total. The van der Waals surface area contributed by atoms with Crippen molar-refractivity contribution in [3.63, 3.8) is 0 Å². The summed E-state index contributed by atoms with van der Waals surface area (Å²) in [7, 11) is 1.98. The molecule has 6 heteroatoms. The Hall–Kier alpha value is -2.89. The zero-order valence-electron chi connectivity index (χ0n) is 10.8. The summed E-state index contributed by atoms with van der Waals surface area (Å²) in [5, 5.41) is 11.4. The van der Waals surface area contributed by atoms with Gasteiger partial charge in [0.1, 0.15) is 11.8 Å². The van der Waals surface area contributed by atoms with Crippen LogP contribution in [0.15, 0.2) is 43.0 Å². The number of anilines is 2. The van der Waals surface area contributed by atoms with E-state index in [4.69, 9.17) is 0 Å². The highest BCUT2D eigenvalue weighted by Gasteiger charge is 2.07. The fourth-order valence-electron chi connectivity index (χ4n) is 2.37. The average molecular weight is 264 g/mol. The van der Waals surface area contributed by atoms with Gasteiger partial charge in [-0.15, -0.1) is 0 Å². The predicted molar refractivity (Wildman–Crippen MR) is 77.9 cm³/mol. The van der Waals surface area contributed by atoms with Crippen LogP contribution in [-0.4, -0.2) is 24.7 Å². The van der Waals surface area contributed by atoms with Crippen molar-refractivity contribution in [2.45, 2.75) is 0 Å². The molecule has 0 atom stereocenters. The van der Waals surface area contributed by atoms with Crippen LogP contribution in [0, 0.1) is 0 Å². The van der Waals surface area contributed by atoms with Gasteiger partial charge in [-0.25, -0.2) is 9.97 Å². The molecular weight excluding hydrogens is 252 g/mol. The Morgan fingerprint density at radius 3 is 3.10 bits per heavy atom. The smallest absolute Gasteiger partial charge is 0.158 e. The molecule has 3 heterocycles. The van der Waals surface area contributed by atoms with Crippen molar-refractivity contribution in [1.82, 2.24) is 24.7 Å². The van der Waals surface area contributed by atoms with Gasteiger partial charge in [-0.1, -0.05) is 0 Å². The molecule has 6 nitrogen and oxygen atoms in total. The molecule has 0 radical (unpaired) electrons. The summed E-state index contributed by atoms with van der Waals surface area (Å²) in [4.78, 5) is 8.60. The Balaban J connectivity index is 1.81. The van der Waals surface area contributed by atoms with Gasteiger partial charge < -0.3 is 9.88 Å². The maximum atomic E-state index is 4.34. The molecule has 0 saturated heterocycles. The molecule has 0 spiro atoms. The van der Waals surface area contributed by atoms with Gasteiger partial charge in [-0.3, -0.25) is 5.10 Å². The van der Waals surface area contributed by atoms with E-state index in [9.17, 15) is 0 Å². The Kier molecular flexibility index (Phi) is 2.23. The molecule has 0 bridgehead atoms. The highest BCUT2D eigenvalue weighted by Crippen LogP contribution is 2.24. The highest BCUT2D eigenvalue weighted by atomic mass is 15.1. The van der Waals surface area contributed by atoms with Gasteiger partial charge in [-0.2, -0.15) is 5.10 Å². The van der Waals surface area contributed by atoms with E-state index in [-0.39, 0.29) is 0 Å². The first-order valence-electron chi connectivity index (χ1n) is 6.27. The molecule has 0 aliphatic rings. The van der Waals surface area contributed by atoms with Crippen molar-refractivity contribution in [2.75, 3.05) is 5.32 Å². The topological polar surface area (TPSA) is 71.4 Å². The van der Waals surface area contributed by atoms with Crippen LogP contribution in [0.2, 0.25) is 0 Å². The summed E-state index contributed by atoms with van der Waals surface area (Å²) in [6, 6.07) is 8.00. The molecule has 3 aromatic heterocycles. The lowest BCUT2D eigenvalue weighted by atomic mass is 10.2. The Bertz CT molecular complexity index is 904. The summed E-state index contributed by atoms with van der Waals surface area (Å²) < 4.78 is 2.01. The zero-order chi connectivity index (χ0) is 13.5. The fraction of sp³-hybridized carbons (Fsp3) is 0.0714. The molecule has 0 aliphatic carbocycles. The average Bonchev–Trinajstić information content (AvgIpc) is 3.06. The van der Waals surface area contributed by atoms with Gasteiger partial charge in [0.2, 0.25) is 0 Å². The quantitative estimate of drug-likeness (QED) is 0.583. The Labute approximate surface area is 114 Å². The number of aromatic nitrogens is 5. The van der Waals surface area contributed by atoms with Gasteiger partial charge in [-0.05, 0) is 24.3 Å². The number of fused-ring (bicyclic) bond motifs is 2. The lowest BCUT2D eigenvalue weighted by molar-refractivity contribution is 0.964. The van der Waals surface area contributed by atoms with Crippen LogP contribution in [0.25, 0.3) is 21.9 Å². The molecule has 0 unspecified atom stereocenters. The van der Waals surface area contributed by atoms with Gasteiger partial charge >= 0.3 is 0 Å². The molecule has 4 rings (SSSR count). The number of hydrogen-bond acceptors (Lipinski definition) is 4. The van der Waals surface area contributed by atoms with Gasteiger partial charge in [0.05, 0.1) is 17.2 Å². The van der Waals surface area contributed by atoms with E-state index in [1.165, 1.54) is 0 Å². The number of nitrogens with zero attached hydrogens (tertiary/aromatic N) is 4. The van der Waals surface area contributed by atoms with Crippen LogP contribution < -0.4 is 5.32 Å². The van der Waals surface area contributed by atoms with E-state index >= 15 is 0 Å². The van der Waals surface area contributed by atoms with Crippen LogP contribution in [0.5, 0.6) is 0 Å². The largest absolute Gasteiger partial charge is 0.346 e. The van der Waals surface area contributed by atoms with Crippen molar-refractivity contribution >= 4 is 33.4 Å². The third-order valence-electron chi connectivity index (χ3n) is 3.36. The second-order valence-electron chi connectivity index (χ2n) is 4.68. The minimum Gasteiger partial charge on any atom is -0.346 e. The van der Waals surface area contributed by atoms with Crippen molar-refractivity contribution in [3.05, 3.63) is 43.0 Å². The second-order valence-corrected chi connectivity index (χ2v) is 4.68. The minimum absolute atomic E-state index is 0.797. The molecule has 0 amide bonds. The summed E-state index contributed by atoms with van der Waals surface area (Å²) in [5.74, 6) is 0.797. The third kappa shape index (κ3) is 1.62. The third-order valence-corrected chi connectivity index (χ3v) is 3.36. The Morgan fingerprint density at radius 1 is 1.20 bits per heavy atom. The summed E-state index contributed by atoms with van der Waals surface area (Å²) >= 11 is 0. The van der Waals surface area contributed by atoms with Crippen LogP contribution >= 0.6 is 0 Å². The van der Waals surface area contributed by atoms with Gasteiger partial charge in [0.15, 0.2) is 5.82 Å². The Morgan fingerprint density at radius 2 is 2.15 bits per heavy atom. The summed E-state index contributed by atoms with van der Waals surface area (Å²) in [6.45, 7) is 0. The molecule has 4 aromatic rings.